The first-order valence-corrected chi connectivity index (χ1v) is 16.1. The zero-order chi connectivity index (χ0) is 33.1. The van der Waals surface area contributed by atoms with Crippen LogP contribution in [-0.4, -0.2) is 82.0 Å². The number of rotatable bonds is 13. The van der Waals surface area contributed by atoms with E-state index in [-0.39, 0.29) is 24.8 Å². The minimum absolute atomic E-state index is 0.0862. The molecule has 10 nitrogen and oxygen atoms in total. The number of carbonyl (C=O) groups excluding carboxylic acids is 2. The zero-order valence-corrected chi connectivity index (χ0v) is 27.7. The van der Waals surface area contributed by atoms with Gasteiger partial charge in [-0.3, -0.25) is 9.59 Å². The number of amides is 2. The highest BCUT2D eigenvalue weighted by atomic mass is 19.1. The molecule has 246 valence electrons. The van der Waals surface area contributed by atoms with Crippen LogP contribution in [0.3, 0.4) is 0 Å². The standard InChI is InChI=1S/C24H32FN7O.C6H12.C4H7NO/c1-3-4-5-14-32(15-12-26)22(33)17-27-13-11-24(23-28-30-31-29-23)18(2)7-6-8-19-16-20(25)9-10-21(19)24;1-4-6(3)5-2;6-4-5-2-1-3-5/h7,9-10,16,27H,3-6,8,11,13-15,17H2,1-2H3,(H,28,29,30,31);4H,5H2,1-3H3;4H,1-3H2/b;6-4+;. The van der Waals surface area contributed by atoms with Crippen molar-refractivity contribution >= 4 is 12.3 Å². The largest absolute Gasteiger partial charge is 0.345 e. The number of halogens is 1. The molecule has 2 N–H and O–H groups in total. The highest BCUT2D eigenvalue weighted by molar-refractivity contribution is 5.78. The third-order valence-electron chi connectivity index (χ3n) is 8.48. The van der Waals surface area contributed by atoms with Gasteiger partial charge in [-0.1, -0.05) is 61.3 Å². The lowest BCUT2D eigenvalue weighted by molar-refractivity contribution is -0.129. The van der Waals surface area contributed by atoms with E-state index in [2.05, 4.69) is 71.9 Å². The molecular weight excluding hydrogens is 571 g/mol. The molecule has 2 aromatic rings. The van der Waals surface area contributed by atoms with Gasteiger partial charge in [0.25, 0.3) is 0 Å². The van der Waals surface area contributed by atoms with Gasteiger partial charge in [-0.15, -0.1) is 10.2 Å². The number of fused-ring (bicyclic) bond motifs is 1. The molecule has 1 aliphatic heterocycles. The summed E-state index contributed by atoms with van der Waals surface area (Å²) in [5, 5.41) is 27.3. The van der Waals surface area contributed by atoms with E-state index in [1.807, 2.05) is 13.0 Å². The van der Waals surface area contributed by atoms with Gasteiger partial charge in [0.05, 0.1) is 18.0 Å². The SMILES string of the molecule is C/C=C(\C)CC.CCCCCN(CC#N)C(=O)CNCCC1(c2nn[nH]n2)C(C)=CCCc2cc(F)ccc21.O=CN1CCC1. The molecule has 0 bridgehead atoms. The average Bonchev–Trinajstić information content (AvgIpc) is 3.52. The van der Waals surface area contributed by atoms with Crippen molar-refractivity contribution in [1.82, 2.24) is 35.7 Å². The van der Waals surface area contributed by atoms with Gasteiger partial charge in [-0.05, 0) is 89.1 Å². The molecule has 45 heavy (non-hydrogen) atoms. The van der Waals surface area contributed by atoms with E-state index >= 15 is 0 Å². The number of tetrazole rings is 1. The fourth-order valence-electron chi connectivity index (χ4n) is 5.26. The van der Waals surface area contributed by atoms with Crippen molar-refractivity contribution in [3.05, 3.63) is 64.3 Å². The average molecular weight is 623 g/mol. The number of carbonyl (C=O) groups is 2. The van der Waals surface area contributed by atoms with Crippen LogP contribution in [-0.2, 0) is 21.4 Å². The second kappa shape index (κ2) is 20.2. The van der Waals surface area contributed by atoms with Crippen LogP contribution in [0, 0.1) is 17.1 Å². The smallest absolute Gasteiger partial charge is 0.237 e. The Morgan fingerprint density at radius 1 is 1.29 bits per heavy atom. The van der Waals surface area contributed by atoms with Gasteiger partial charge in [0, 0.05) is 19.6 Å². The number of likely N-dealkylation sites (tertiary alicyclic amines) is 1. The van der Waals surface area contributed by atoms with Crippen LogP contribution < -0.4 is 5.32 Å². The maximum atomic E-state index is 14.0. The van der Waals surface area contributed by atoms with Crippen LogP contribution >= 0.6 is 0 Å². The van der Waals surface area contributed by atoms with Crippen molar-refractivity contribution in [3.8, 4) is 6.07 Å². The zero-order valence-electron chi connectivity index (χ0n) is 27.7. The Labute approximate surface area is 268 Å². The first-order chi connectivity index (χ1) is 21.8. The molecule has 4 rings (SSSR count). The molecule has 1 aromatic carbocycles. The van der Waals surface area contributed by atoms with E-state index in [4.69, 9.17) is 5.26 Å². The maximum absolute atomic E-state index is 14.0. The summed E-state index contributed by atoms with van der Waals surface area (Å²) in [7, 11) is 0. The summed E-state index contributed by atoms with van der Waals surface area (Å²) >= 11 is 0. The molecule has 0 radical (unpaired) electrons. The van der Waals surface area contributed by atoms with Crippen LogP contribution in [0.2, 0.25) is 0 Å². The Hall–Kier alpha value is -3.91. The van der Waals surface area contributed by atoms with Crippen LogP contribution in [0.5, 0.6) is 0 Å². The van der Waals surface area contributed by atoms with Gasteiger partial charge in [0.1, 0.15) is 12.4 Å². The first kappa shape index (κ1) is 37.3. The number of nitrogens with zero attached hydrogens (tertiary/aromatic N) is 6. The van der Waals surface area contributed by atoms with Crippen LogP contribution in [0.25, 0.3) is 0 Å². The molecule has 1 saturated heterocycles. The lowest BCUT2D eigenvalue weighted by atomic mass is 9.70. The predicted octanol–water partition coefficient (Wildman–Crippen LogP) is 5.25. The third kappa shape index (κ3) is 11.2. The van der Waals surface area contributed by atoms with E-state index in [1.54, 1.807) is 15.9 Å². The molecule has 1 aliphatic carbocycles. The first-order valence-electron chi connectivity index (χ1n) is 16.1. The van der Waals surface area contributed by atoms with E-state index in [0.717, 1.165) is 68.3 Å². The number of hydrogen-bond acceptors (Lipinski definition) is 7. The lowest BCUT2D eigenvalue weighted by Crippen LogP contribution is -2.41. The maximum Gasteiger partial charge on any atom is 0.237 e. The lowest BCUT2D eigenvalue weighted by Gasteiger charge is -2.33. The number of aryl methyl sites for hydroxylation is 1. The Kier molecular flexibility index (Phi) is 16.7. The van der Waals surface area contributed by atoms with E-state index in [1.165, 1.54) is 24.5 Å². The molecule has 0 saturated carbocycles. The molecule has 0 spiro atoms. The van der Waals surface area contributed by atoms with E-state index < -0.39 is 5.41 Å². The number of hydrogen-bond donors (Lipinski definition) is 2. The van der Waals surface area contributed by atoms with Gasteiger partial charge < -0.3 is 15.1 Å². The minimum atomic E-state index is -0.671. The number of nitriles is 1. The second-order valence-corrected chi connectivity index (χ2v) is 11.5. The van der Waals surface area contributed by atoms with Gasteiger partial charge in [-0.25, -0.2) is 4.39 Å². The predicted molar refractivity (Wildman–Crippen MR) is 175 cm³/mol. The van der Waals surface area contributed by atoms with Crippen molar-refractivity contribution in [3.63, 3.8) is 0 Å². The number of aromatic amines is 1. The molecule has 11 heteroatoms. The molecule has 1 unspecified atom stereocenters. The molecule has 1 aromatic heterocycles. The van der Waals surface area contributed by atoms with Crippen LogP contribution in [0.15, 0.2) is 41.5 Å². The fourth-order valence-corrected chi connectivity index (χ4v) is 5.26. The van der Waals surface area contributed by atoms with Crippen molar-refractivity contribution in [2.75, 3.05) is 39.3 Å². The van der Waals surface area contributed by atoms with E-state index in [0.29, 0.717) is 25.3 Å². The summed E-state index contributed by atoms with van der Waals surface area (Å²) in [4.78, 5) is 25.7. The minimum Gasteiger partial charge on any atom is -0.345 e. The summed E-state index contributed by atoms with van der Waals surface area (Å²) < 4.78 is 14.0. The van der Waals surface area contributed by atoms with Gasteiger partial charge in [0.15, 0.2) is 5.82 Å². The monoisotopic (exact) mass is 622 g/mol. The highest BCUT2D eigenvalue weighted by Crippen LogP contribution is 2.44. The van der Waals surface area contributed by atoms with Crippen molar-refractivity contribution < 1.29 is 14.0 Å². The Balaban J connectivity index is 0.000000490. The number of allylic oxidation sites excluding steroid dienone is 4. The normalized spacial score (nSPS) is 17.1. The Bertz CT molecular complexity index is 1280. The Morgan fingerprint density at radius 2 is 2.07 bits per heavy atom. The quantitative estimate of drug-likeness (QED) is 0.135. The molecule has 2 amide bonds. The number of nitrogens with one attached hydrogen (secondary N) is 2. The van der Waals surface area contributed by atoms with Crippen molar-refractivity contribution in [2.45, 2.75) is 91.4 Å². The fraction of sp³-hybridized carbons (Fsp3) is 0.588. The van der Waals surface area contributed by atoms with Crippen LogP contribution in [0.4, 0.5) is 4.39 Å². The number of benzene rings is 1. The summed E-state index contributed by atoms with van der Waals surface area (Å²) in [6.07, 6.45) is 12.7. The summed E-state index contributed by atoms with van der Waals surface area (Å²) in [5.74, 6) is 0.182. The highest BCUT2D eigenvalue weighted by Gasteiger charge is 2.42. The van der Waals surface area contributed by atoms with Gasteiger partial charge in [-0.2, -0.15) is 10.5 Å². The third-order valence-corrected chi connectivity index (χ3v) is 8.48. The van der Waals surface area contributed by atoms with Crippen molar-refractivity contribution in [2.24, 2.45) is 0 Å². The number of unbranched alkanes of at least 4 members (excludes halogenated alkanes) is 2. The summed E-state index contributed by atoms with van der Waals surface area (Å²) in [6, 6.07) is 6.96. The summed E-state index contributed by atoms with van der Waals surface area (Å²) in [6.45, 7) is 13.8. The Morgan fingerprint density at radius 3 is 2.60 bits per heavy atom. The van der Waals surface area contributed by atoms with E-state index in [9.17, 15) is 14.0 Å². The van der Waals surface area contributed by atoms with Gasteiger partial charge in [0.2, 0.25) is 12.3 Å². The second-order valence-electron chi connectivity index (χ2n) is 11.5. The van der Waals surface area contributed by atoms with Gasteiger partial charge >= 0.3 is 0 Å². The molecule has 2 aliphatic rings. The topological polar surface area (TPSA) is 131 Å². The molecule has 2 heterocycles. The number of H-pyrrole nitrogens is 1. The molecule has 1 fully saturated rings. The van der Waals surface area contributed by atoms with Crippen molar-refractivity contribution in [1.29, 1.82) is 5.26 Å². The molecule has 1 atom stereocenters. The number of aromatic nitrogens is 4. The summed E-state index contributed by atoms with van der Waals surface area (Å²) in [5.41, 5.74) is 3.77. The van der Waals surface area contributed by atoms with Crippen LogP contribution in [0.1, 0.15) is 96.5 Å². The molecular formula is C34H51FN8O2.